The lowest BCUT2D eigenvalue weighted by atomic mass is 9.83. The molecule has 0 aliphatic rings. The fourth-order valence-electron chi connectivity index (χ4n) is 6.98. The molecule has 8 heteroatoms. The van der Waals surface area contributed by atoms with Gasteiger partial charge in [-0.3, -0.25) is 9.97 Å². The van der Waals surface area contributed by atoms with Gasteiger partial charge in [0.05, 0.1) is 34.2 Å². The molecule has 0 amide bonds. The Kier molecular flexibility index (Phi) is 10.4. The van der Waals surface area contributed by atoms with Gasteiger partial charge in [0, 0.05) is 45.4 Å². The van der Waals surface area contributed by atoms with Crippen molar-refractivity contribution in [3.8, 4) is 22.5 Å². The summed E-state index contributed by atoms with van der Waals surface area (Å²) in [7, 11) is 2.54. The van der Waals surface area contributed by atoms with E-state index in [9.17, 15) is 4.39 Å². The van der Waals surface area contributed by atoms with Crippen LogP contribution in [0.2, 0.25) is 0 Å². The Balaban J connectivity index is 1.39. The average Bonchev–Trinajstić information content (AvgIpc) is 3.22. The predicted octanol–water partition coefficient (Wildman–Crippen LogP) is 13.0. The third-order valence-corrected chi connectivity index (χ3v) is 10.3. The lowest BCUT2D eigenvalue weighted by Gasteiger charge is -2.31. The molecule has 0 aliphatic carbocycles. The van der Waals surface area contributed by atoms with Gasteiger partial charge in [-0.2, -0.15) is 0 Å². The van der Waals surface area contributed by atoms with Gasteiger partial charge in [0.2, 0.25) is 0 Å². The first-order valence-electron chi connectivity index (χ1n) is 18.5. The van der Waals surface area contributed by atoms with E-state index < -0.39 is 22.9 Å². The molecule has 0 radical (unpaired) electrons. The maximum atomic E-state index is 15.9. The largest absolute Gasteiger partial charge is 0.310 e. The highest BCUT2D eigenvalue weighted by molar-refractivity contribution is 7.27. The zero-order valence-electron chi connectivity index (χ0n) is 31.3. The molecule has 4 nitrogen and oxygen atoms in total. The molecule has 6 aromatic carbocycles. The van der Waals surface area contributed by atoms with Crippen LogP contribution >= 0.6 is 9.24 Å². The molecule has 2 aromatic heterocycles. The van der Waals surface area contributed by atoms with E-state index in [0.717, 1.165) is 34.5 Å². The molecule has 2 heterocycles. The van der Waals surface area contributed by atoms with Gasteiger partial charge in [0.25, 0.3) is 0 Å². The highest BCUT2D eigenvalue weighted by Crippen LogP contribution is 2.43. The molecular weight excluding hydrogens is 733 g/mol. The van der Waals surface area contributed by atoms with Crippen molar-refractivity contribution < 1.29 is 13.2 Å². The minimum absolute atomic E-state index is 0.151. The summed E-state index contributed by atoms with van der Waals surface area (Å²) in [6, 6.07) is 56.0. The second kappa shape index (κ2) is 15.9. The molecule has 0 saturated carbocycles. The maximum Gasteiger partial charge on any atom is 0.135 e. The number of nitrogens with zero attached hydrogens (tertiary/aromatic N) is 4. The first-order valence-corrected chi connectivity index (χ1v) is 19.1. The first-order chi connectivity index (χ1) is 27.7. The summed E-state index contributed by atoms with van der Waals surface area (Å²) < 4.78 is 45.8. The van der Waals surface area contributed by atoms with Crippen LogP contribution in [0.5, 0.6) is 0 Å². The third kappa shape index (κ3) is 7.80. The molecule has 0 saturated heterocycles. The van der Waals surface area contributed by atoms with Crippen molar-refractivity contribution in [2.45, 2.75) is 19.3 Å². The van der Waals surface area contributed by atoms with Gasteiger partial charge < -0.3 is 9.80 Å². The summed E-state index contributed by atoms with van der Waals surface area (Å²) in [5.74, 6) is -1.82. The van der Waals surface area contributed by atoms with Crippen molar-refractivity contribution in [2.75, 3.05) is 9.80 Å². The summed E-state index contributed by atoms with van der Waals surface area (Å²) >= 11 is 0. The van der Waals surface area contributed by atoms with E-state index in [-0.39, 0.29) is 5.56 Å². The number of halogens is 3. The summed E-state index contributed by atoms with van der Waals surface area (Å²) in [4.78, 5) is 14.5. The van der Waals surface area contributed by atoms with Crippen molar-refractivity contribution in [2.24, 2.45) is 0 Å². The molecule has 1 atom stereocenters. The number of hydrogen-bond donors (Lipinski definition) is 0. The van der Waals surface area contributed by atoms with Crippen LogP contribution in [0.3, 0.4) is 0 Å². The van der Waals surface area contributed by atoms with Gasteiger partial charge in [-0.1, -0.05) is 78.9 Å². The zero-order valence-corrected chi connectivity index (χ0v) is 32.5. The standard InChI is InChI=1S/C49H38F3N4P/c1-49(2,47-30-38(28-45(53-47)41-25-23-33(50)27-43(41)51)55(34-15-7-3-8-16-34)35-17-9-4-10-18-35)48-31-39(29-46(54-48)42-26-24-40(57)32-44(42)52)56(36-19-11-5-12-20-36)37-21-13-6-14-22-37/h3-32H,57H2,1-2H3. The van der Waals surface area contributed by atoms with Gasteiger partial charge in [0.15, 0.2) is 0 Å². The average molecular weight is 771 g/mol. The van der Waals surface area contributed by atoms with Gasteiger partial charge in [0.1, 0.15) is 17.5 Å². The van der Waals surface area contributed by atoms with Crippen molar-refractivity contribution in [3.05, 3.63) is 211 Å². The van der Waals surface area contributed by atoms with Crippen molar-refractivity contribution >= 4 is 48.7 Å². The Hall–Kier alpha value is -6.56. The number of hydrogen-bond acceptors (Lipinski definition) is 4. The fraction of sp³-hybridized carbons (Fsp3) is 0.0612. The topological polar surface area (TPSA) is 32.3 Å². The smallest absolute Gasteiger partial charge is 0.135 e. The molecule has 0 N–H and O–H groups in total. The molecule has 8 rings (SSSR count). The van der Waals surface area contributed by atoms with E-state index in [4.69, 9.17) is 9.97 Å². The Morgan fingerprint density at radius 1 is 0.421 bits per heavy atom. The molecular formula is C49H38F3N4P. The Morgan fingerprint density at radius 3 is 1.16 bits per heavy atom. The second-order valence-corrected chi connectivity index (χ2v) is 14.9. The van der Waals surface area contributed by atoms with Crippen LogP contribution in [0.25, 0.3) is 22.5 Å². The molecule has 1 unspecified atom stereocenters. The van der Waals surface area contributed by atoms with Crippen LogP contribution in [-0.4, -0.2) is 9.97 Å². The van der Waals surface area contributed by atoms with Gasteiger partial charge >= 0.3 is 0 Å². The molecule has 0 fully saturated rings. The quantitative estimate of drug-likeness (QED) is 0.130. The summed E-state index contributed by atoms with van der Waals surface area (Å²) in [5, 5.41) is 0.714. The molecule has 8 aromatic rings. The van der Waals surface area contributed by atoms with E-state index in [1.807, 2.05) is 166 Å². The van der Waals surface area contributed by atoms with Crippen LogP contribution < -0.4 is 15.1 Å². The van der Waals surface area contributed by atoms with E-state index in [2.05, 4.69) is 19.0 Å². The maximum absolute atomic E-state index is 15.9. The predicted molar refractivity (Wildman–Crippen MR) is 230 cm³/mol. The summed E-state index contributed by atoms with van der Waals surface area (Å²) in [5.41, 5.74) is 6.48. The number of anilines is 6. The highest BCUT2D eigenvalue weighted by atomic mass is 31.0. The van der Waals surface area contributed by atoms with E-state index >= 15 is 8.78 Å². The van der Waals surface area contributed by atoms with Crippen LogP contribution in [0.1, 0.15) is 25.2 Å². The summed E-state index contributed by atoms with van der Waals surface area (Å²) in [6.45, 7) is 4.01. The van der Waals surface area contributed by atoms with E-state index in [1.165, 1.54) is 18.2 Å². The molecule has 57 heavy (non-hydrogen) atoms. The second-order valence-electron chi connectivity index (χ2n) is 14.2. The normalized spacial score (nSPS) is 11.3. The van der Waals surface area contributed by atoms with Crippen molar-refractivity contribution in [1.29, 1.82) is 0 Å². The number of rotatable bonds is 10. The first kappa shape index (κ1) is 37.4. The molecule has 0 bridgehead atoms. The minimum Gasteiger partial charge on any atom is -0.310 e. The monoisotopic (exact) mass is 770 g/mol. The number of benzene rings is 6. The van der Waals surface area contributed by atoms with E-state index in [1.54, 1.807) is 6.07 Å². The van der Waals surface area contributed by atoms with Crippen LogP contribution in [0, 0.1) is 17.5 Å². The van der Waals surface area contributed by atoms with Gasteiger partial charge in [-0.15, -0.1) is 9.24 Å². The third-order valence-electron chi connectivity index (χ3n) is 9.95. The van der Waals surface area contributed by atoms with Crippen LogP contribution in [0.15, 0.2) is 182 Å². The Labute approximate surface area is 333 Å². The van der Waals surface area contributed by atoms with Crippen LogP contribution in [-0.2, 0) is 5.41 Å². The lowest BCUT2D eigenvalue weighted by Crippen LogP contribution is -2.24. The number of aromatic nitrogens is 2. The highest BCUT2D eigenvalue weighted by Gasteiger charge is 2.31. The molecule has 280 valence electrons. The zero-order chi connectivity index (χ0) is 39.5. The SMILES string of the molecule is CC(C)(c1cc(N(c2ccccc2)c2ccccc2)cc(-c2ccc(F)cc2F)n1)c1cc(N(c2ccccc2)c2ccccc2)cc(-c2ccc(P)cc2F)n1. The van der Waals surface area contributed by atoms with Gasteiger partial charge in [-0.25, -0.2) is 13.2 Å². The minimum atomic E-state index is -0.957. The number of pyridine rings is 2. The molecule has 0 aliphatic heterocycles. The van der Waals surface area contributed by atoms with Gasteiger partial charge in [-0.05, 0) is 116 Å². The van der Waals surface area contributed by atoms with Crippen molar-refractivity contribution in [1.82, 2.24) is 9.97 Å². The molecule has 0 spiro atoms. The van der Waals surface area contributed by atoms with Crippen LogP contribution in [0.4, 0.5) is 47.3 Å². The number of para-hydroxylation sites is 4. The lowest BCUT2D eigenvalue weighted by molar-refractivity contribution is 0.583. The summed E-state index contributed by atoms with van der Waals surface area (Å²) in [6.07, 6.45) is 0. The fourth-order valence-corrected chi connectivity index (χ4v) is 7.22. The Morgan fingerprint density at radius 2 is 0.789 bits per heavy atom. The van der Waals surface area contributed by atoms with Crippen molar-refractivity contribution in [3.63, 3.8) is 0 Å². The van der Waals surface area contributed by atoms with E-state index in [0.29, 0.717) is 39.3 Å². The Bertz CT molecular complexity index is 2400.